The summed E-state index contributed by atoms with van der Waals surface area (Å²) in [6.45, 7) is 0.740. The molecule has 0 bridgehead atoms. The van der Waals surface area contributed by atoms with E-state index in [0.717, 1.165) is 0 Å². The number of aliphatic carboxylic acids is 1. The number of amides is 1. The smallest absolute Gasteiger partial charge is 0.329 e. The quantitative estimate of drug-likeness (QED) is 0.917. The second-order valence-corrected chi connectivity index (χ2v) is 6.72. The molecule has 0 saturated carbocycles. The fourth-order valence-corrected chi connectivity index (χ4v) is 3.52. The van der Waals surface area contributed by atoms with Gasteiger partial charge < -0.3 is 14.7 Å². The summed E-state index contributed by atoms with van der Waals surface area (Å²) >= 11 is 13.0. The topological polar surface area (TPSA) is 66.8 Å². The highest BCUT2D eigenvalue weighted by Gasteiger charge is 2.26. The molecule has 1 aromatic heterocycles. The Labute approximate surface area is 130 Å². The first-order valence-corrected chi connectivity index (χ1v) is 7.62. The Morgan fingerprint density at radius 1 is 1.40 bits per heavy atom. The number of thiophene rings is 1. The molecule has 0 radical (unpaired) electrons. The molecule has 0 unspecified atom stereocenters. The summed E-state index contributed by atoms with van der Waals surface area (Å²) in [6.07, 6.45) is 1.12. The molecule has 1 fully saturated rings. The highest BCUT2D eigenvalue weighted by atomic mass is 35.5. The molecule has 20 heavy (non-hydrogen) atoms. The number of likely N-dealkylation sites (tertiary alicyclic amines) is 1. The molecule has 0 spiro atoms. The Morgan fingerprint density at radius 2 is 2.05 bits per heavy atom. The van der Waals surface area contributed by atoms with Gasteiger partial charge in [-0.1, -0.05) is 23.2 Å². The van der Waals surface area contributed by atoms with E-state index in [1.165, 1.54) is 11.3 Å². The second-order valence-electron chi connectivity index (χ2n) is 4.43. The van der Waals surface area contributed by atoms with Crippen LogP contribution >= 0.6 is 34.5 Å². The number of halogens is 2. The van der Waals surface area contributed by atoms with Gasteiger partial charge in [0.2, 0.25) is 0 Å². The van der Waals surface area contributed by atoms with Crippen LogP contribution in [0.4, 0.5) is 0 Å². The molecule has 2 rings (SSSR count). The maximum absolute atomic E-state index is 12.3. The van der Waals surface area contributed by atoms with Gasteiger partial charge in [-0.3, -0.25) is 4.79 Å². The lowest BCUT2D eigenvalue weighted by molar-refractivity contribution is -0.145. The Morgan fingerprint density at radius 3 is 2.55 bits per heavy atom. The number of nitrogens with zero attached hydrogens (tertiary/aromatic N) is 1. The van der Waals surface area contributed by atoms with Crippen molar-refractivity contribution in [2.24, 2.45) is 0 Å². The fourth-order valence-electron chi connectivity index (χ4n) is 2.07. The average molecular weight is 338 g/mol. The Hall–Kier alpha value is -0.820. The first-order valence-electron chi connectivity index (χ1n) is 6.05. The second kappa shape index (κ2) is 6.76. The van der Waals surface area contributed by atoms with Gasteiger partial charge in [0.15, 0.2) is 0 Å². The van der Waals surface area contributed by atoms with E-state index in [-0.39, 0.29) is 18.6 Å². The minimum Gasteiger partial charge on any atom is -0.480 e. The normalized spacial score (nSPS) is 16.4. The van der Waals surface area contributed by atoms with E-state index < -0.39 is 5.97 Å². The number of rotatable bonds is 4. The van der Waals surface area contributed by atoms with E-state index in [1.807, 2.05) is 0 Å². The van der Waals surface area contributed by atoms with Crippen LogP contribution < -0.4 is 0 Å². The molecule has 1 aliphatic rings. The summed E-state index contributed by atoms with van der Waals surface area (Å²) in [5.74, 6) is -1.13. The van der Waals surface area contributed by atoms with Crippen LogP contribution in [0.1, 0.15) is 23.2 Å². The average Bonchev–Trinajstić information content (AvgIpc) is 2.75. The number of hydrogen-bond donors (Lipinski definition) is 1. The molecule has 2 heterocycles. The summed E-state index contributed by atoms with van der Waals surface area (Å²) < 4.78 is 6.10. The van der Waals surface area contributed by atoms with E-state index >= 15 is 0 Å². The molecule has 1 saturated heterocycles. The first-order chi connectivity index (χ1) is 9.47. The van der Waals surface area contributed by atoms with Crippen LogP contribution in [0.5, 0.6) is 0 Å². The molecule has 0 aromatic carbocycles. The van der Waals surface area contributed by atoms with Crippen molar-refractivity contribution in [3.05, 3.63) is 20.3 Å². The third kappa shape index (κ3) is 3.85. The zero-order valence-corrected chi connectivity index (χ0v) is 12.8. The van der Waals surface area contributed by atoms with Gasteiger partial charge in [-0.2, -0.15) is 0 Å². The van der Waals surface area contributed by atoms with Crippen molar-refractivity contribution >= 4 is 46.4 Å². The molecule has 1 amide bonds. The van der Waals surface area contributed by atoms with E-state index in [1.54, 1.807) is 11.0 Å². The van der Waals surface area contributed by atoms with E-state index in [9.17, 15) is 9.59 Å². The third-order valence-corrected chi connectivity index (χ3v) is 4.55. The summed E-state index contributed by atoms with van der Waals surface area (Å²) in [5.41, 5.74) is 0.423. The van der Waals surface area contributed by atoms with E-state index in [0.29, 0.717) is 40.2 Å². The molecular weight excluding hydrogens is 325 g/mol. The van der Waals surface area contributed by atoms with Crippen LogP contribution in [0.3, 0.4) is 0 Å². The number of piperidine rings is 1. The van der Waals surface area contributed by atoms with Gasteiger partial charge >= 0.3 is 5.97 Å². The van der Waals surface area contributed by atoms with Crippen LogP contribution in [0.15, 0.2) is 6.07 Å². The maximum atomic E-state index is 12.3. The SMILES string of the molecule is O=C(O)COC1CCN(C(=O)c2cc(Cl)sc2Cl)CC1. The third-order valence-electron chi connectivity index (χ3n) is 3.06. The van der Waals surface area contributed by atoms with Gasteiger partial charge in [-0.25, -0.2) is 4.79 Å². The lowest BCUT2D eigenvalue weighted by Crippen LogP contribution is -2.41. The van der Waals surface area contributed by atoms with Crippen molar-refractivity contribution in [3.63, 3.8) is 0 Å². The molecule has 1 aromatic rings. The van der Waals surface area contributed by atoms with Crippen LogP contribution in [0.2, 0.25) is 8.67 Å². The molecule has 1 aliphatic heterocycles. The molecule has 110 valence electrons. The van der Waals surface area contributed by atoms with Crippen molar-refractivity contribution in [3.8, 4) is 0 Å². The van der Waals surface area contributed by atoms with Gasteiger partial charge in [0, 0.05) is 13.1 Å². The van der Waals surface area contributed by atoms with Crippen LogP contribution in [-0.4, -0.2) is 47.7 Å². The van der Waals surface area contributed by atoms with Crippen LogP contribution in [0, 0.1) is 0 Å². The predicted octanol–water partition coefficient (Wildman–Crippen LogP) is 2.76. The largest absolute Gasteiger partial charge is 0.480 e. The highest BCUT2D eigenvalue weighted by Crippen LogP contribution is 2.32. The van der Waals surface area contributed by atoms with Crippen molar-refractivity contribution in [1.82, 2.24) is 4.90 Å². The monoisotopic (exact) mass is 337 g/mol. The van der Waals surface area contributed by atoms with Crippen LogP contribution in [-0.2, 0) is 9.53 Å². The summed E-state index contributed by atoms with van der Waals surface area (Å²) in [7, 11) is 0. The number of ether oxygens (including phenoxy) is 1. The highest BCUT2D eigenvalue weighted by molar-refractivity contribution is 7.20. The first kappa shape index (κ1) is 15.6. The fraction of sp³-hybridized carbons (Fsp3) is 0.500. The van der Waals surface area contributed by atoms with Gasteiger partial charge in [0.05, 0.1) is 16.0 Å². The number of carboxylic acid groups (broad SMARTS) is 1. The van der Waals surface area contributed by atoms with Crippen molar-refractivity contribution in [1.29, 1.82) is 0 Å². The van der Waals surface area contributed by atoms with E-state index in [2.05, 4.69) is 0 Å². The lowest BCUT2D eigenvalue weighted by Gasteiger charge is -2.31. The van der Waals surface area contributed by atoms with Gasteiger partial charge in [-0.15, -0.1) is 11.3 Å². The molecule has 1 N–H and O–H groups in total. The number of carbonyl (C=O) groups excluding carboxylic acids is 1. The Bertz CT molecular complexity index is 512. The number of carboxylic acids is 1. The van der Waals surface area contributed by atoms with Crippen LogP contribution in [0.25, 0.3) is 0 Å². The van der Waals surface area contributed by atoms with Crippen molar-refractivity contribution < 1.29 is 19.4 Å². The number of hydrogen-bond acceptors (Lipinski definition) is 4. The Balaban J connectivity index is 1.89. The molecule has 8 heteroatoms. The Kier molecular flexibility index (Phi) is 5.26. The van der Waals surface area contributed by atoms with Gasteiger partial charge in [0.1, 0.15) is 10.9 Å². The molecule has 0 atom stereocenters. The zero-order valence-electron chi connectivity index (χ0n) is 10.5. The summed E-state index contributed by atoms with van der Waals surface area (Å²) in [4.78, 5) is 24.4. The zero-order chi connectivity index (χ0) is 14.7. The minimum atomic E-state index is -0.983. The maximum Gasteiger partial charge on any atom is 0.329 e. The molecular formula is C12H13Cl2NO4S. The standard InChI is InChI=1S/C12H13Cl2NO4S/c13-9-5-8(11(14)20-9)12(18)15-3-1-7(2-4-15)19-6-10(16)17/h5,7H,1-4,6H2,(H,16,17). The lowest BCUT2D eigenvalue weighted by atomic mass is 10.1. The van der Waals surface area contributed by atoms with Gasteiger partial charge in [-0.05, 0) is 18.9 Å². The van der Waals surface area contributed by atoms with Crippen molar-refractivity contribution in [2.75, 3.05) is 19.7 Å². The molecule has 5 nitrogen and oxygen atoms in total. The summed E-state index contributed by atoms with van der Waals surface area (Å²) in [5, 5.41) is 8.55. The molecule has 0 aliphatic carbocycles. The van der Waals surface area contributed by atoms with Gasteiger partial charge in [0.25, 0.3) is 5.91 Å². The predicted molar refractivity (Wildman–Crippen MR) is 76.9 cm³/mol. The minimum absolute atomic E-state index is 0.114. The summed E-state index contributed by atoms with van der Waals surface area (Å²) in [6, 6.07) is 1.57. The number of carbonyl (C=O) groups is 2. The van der Waals surface area contributed by atoms with E-state index in [4.69, 9.17) is 33.0 Å². The van der Waals surface area contributed by atoms with Crippen molar-refractivity contribution in [2.45, 2.75) is 18.9 Å².